The fraction of sp³-hybridized carbons (Fsp3) is 0.200. The topological polar surface area (TPSA) is 41.9 Å². The minimum Gasteiger partial charge on any atom is -0.493 e. The number of carbonyl (C=O) groups is 1. The Morgan fingerprint density at radius 2 is 1.92 bits per heavy atom. The van der Waals surface area contributed by atoms with Crippen LogP contribution in [-0.4, -0.2) is 29.6 Å². The molecule has 0 spiro atoms. The van der Waals surface area contributed by atoms with E-state index >= 15 is 0 Å². The molecular weight excluding hydrogens is 368 g/mol. The van der Waals surface area contributed by atoms with Crippen molar-refractivity contribution in [2.45, 2.75) is 13.3 Å². The van der Waals surface area contributed by atoms with Gasteiger partial charge in [0.15, 0.2) is 5.17 Å². The molecular formula is C20H19ClN2O2S. The average molecular weight is 387 g/mol. The van der Waals surface area contributed by atoms with Gasteiger partial charge >= 0.3 is 0 Å². The van der Waals surface area contributed by atoms with E-state index in [1.54, 1.807) is 13.1 Å². The summed E-state index contributed by atoms with van der Waals surface area (Å²) >= 11 is 7.50. The van der Waals surface area contributed by atoms with Crippen molar-refractivity contribution in [3.8, 4) is 5.75 Å². The third kappa shape index (κ3) is 4.11. The molecule has 0 N–H and O–H groups in total. The highest BCUT2D eigenvalue weighted by molar-refractivity contribution is 8.18. The van der Waals surface area contributed by atoms with Crippen LogP contribution in [0.4, 0.5) is 5.69 Å². The van der Waals surface area contributed by atoms with E-state index < -0.39 is 0 Å². The molecule has 1 fully saturated rings. The Bertz CT molecular complexity index is 880. The zero-order valence-corrected chi connectivity index (χ0v) is 16.2. The maximum Gasteiger partial charge on any atom is 0.266 e. The van der Waals surface area contributed by atoms with Crippen molar-refractivity contribution in [3.05, 3.63) is 64.0 Å². The molecule has 26 heavy (non-hydrogen) atoms. The number of amides is 1. The number of benzene rings is 2. The standard InChI is InChI=1S/C20H19ClN2O2S/c1-3-12-25-17-11-7-4-8-14(17)13-18-19(24)23(2)20(26-18)22-16-10-6-5-9-15(16)21/h4-11,13H,3,12H2,1-2H3/b18-13+,22-20?. The summed E-state index contributed by atoms with van der Waals surface area (Å²) in [7, 11) is 1.71. The lowest BCUT2D eigenvalue weighted by molar-refractivity contribution is -0.121. The van der Waals surface area contributed by atoms with Gasteiger partial charge in [-0.15, -0.1) is 0 Å². The number of likely N-dealkylation sites (N-methyl/N-ethyl adjacent to an activating group) is 1. The predicted molar refractivity (Wildman–Crippen MR) is 109 cm³/mol. The van der Waals surface area contributed by atoms with Gasteiger partial charge in [0.05, 0.1) is 22.2 Å². The highest BCUT2D eigenvalue weighted by Crippen LogP contribution is 2.35. The first kappa shape index (κ1) is 18.5. The maximum absolute atomic E-state index is 12.6. The summed E-state index contributed by atoms with van der Waals surface area (Å²) in [5, 5.41) is 1.15. The van der Waals surface area contributed by atoms with Crippen LogP contribution in [0.1, 0.15) is 18.9 Å². The van der Waals surface area contributed by atoms with Gasteiger partial charge in [0.1, 0.15) is 5.75 Å². The van der Waals surface area contributed by atoms with Crippen LogP contribution in [0.15, 0.2) is 58.4 Å². The molecule has 0 radical (unpaired) electrons. The van der Waals surface area contributed by atoms with Crippen molar-refractivity contribution in [1.29, 1.82) is 0 Å². The van der Waals surface area contributed by atoms with Crippen LogP contribution in [0, 0.1) is 0 Å². The predicted octanol–water partition coefficient (Wildman–Crippen LogP) is 5.36. The van der Waals surface area contributed by atoms with E-state index in [0.29, 0.717) is 27.4 Å². The number of hydrogen-bond acceptors (Lipinski definition) is 4. The molecule has 2 aromatic rings. The molecule has 134 valence electrons. The quantitative estimate of drug-likeness (QED) is 0.649. The van der Waals surface area contributed by atoms with E-state index in [4.69, 9.17) is 16.3 Å². The molecule has 0 aliphatic carbocycles. The number of thioether (sulfide) groups is 1. The Kier molecular flexibility index (Phi) is 6.01. The molecule has 1 aliphatic heterocycles. The summed E-state index contributed by atoms with van der Waals surface area (Å²) in [6.07, 6.45) is 2.78. The fourth-order valence-electron chi connectivity index (χ4n) is 2.38. The number of hydrogen-bond donors (Lipinski definition) is 0. The number of nitrogens with zero attached hydrogens (tertiary/aromatic N) is 2. The molecule has 0 unspecified atom stereocenters. The minimum atomic E-state index is -0.0916. The zero-order valence-electron chi connectivity index (χ0n) is 14.6. The molecule has 4 nitrogen and oxygen atoms in total. The Hall–Kier alpha value is -2.24. The van der Waals surface area contributed by atoms with E-state index in [2.05, 4.69) is 11.9 Å². The lowest BCUT2D eigenvalue weighted by atomic mass is 10.2. The van der Waals surface area contributed by atoms with Crippen molar-refractivity contribution < 1.29 is 9.53 Å². The Labute approximate surface area is 162 Å². The molecule has 0 saturated carbocycles. The Balaban J connectivity index is 1.90. The highest BCUT2D eigenvalue weighted by atomic mass is 35.5. The highest BCUT2D eigenvalue weighted by Gasteiger charge is 2.30. The number of ether oxygens (including phenoxy) is 1. The van der Waals surface area contributed by atoms with Crippen LogP contribution in [0.25, 0.3) is 6.08 Å². The third-order valence-corrected chi connectivity index (χ3v) is 5.12. The summed E-state index contributed by atoms with van der Waals surface area (Å²) in [5.74, 6) is 0.681. The van der Waals surface area contributed by atoms with E-state index in [9.17, 15) is 4.79 Å². The van der Waals surface area contributed by atoms with Gasteiger partial charge in [-0.05, 0) is 42.5 Å². The van der Waals surface area contributed by atoms with Gasteiger partial charge in [0.25, 0.3) is 5.91 Å². The molecule has 0 atom stereocenters. The summed E-state index contributed by atoms with van der Waals surface area (Å²) in [6, 6.07) is 15.0. The van der Waals surface area contributed by atoms with Gasteiger partial charge < -0.3 is 4.74 Å². The van der Waals surface area contributed by atoms with E-state index in [-0.39, 0.29) is 5.91 Å². The SMILES string of the molecule is CCCOc1ccccc1/C=C1/SC(=Nc2ccccc2Cl)N(C)C1=O. The second kappa shape index (κ2) is 8.43. The Morgan fingerprint density at radius 1 is 1.19 bits per heavy atom. The van der Waals surface area contributed by atoms with Gasteiger partial charge in [-0.3, -0.25) is 9.69 Å². The fourth-order valence-corrected chi connectivity index (χ4v) is 3.53. The maximum atomic E-state index is 12.6. The van der Waals surface area contributed by atoms with Crippen LogP contribution >= 0.6 is 23.4 Å². The first-order chi connectivity index (χ1) is 12.6. The number of para-hydroxylation sites is 2. The van der Waals surface area contributed by atoms with Gasteiger partial charge in [-0.1, -0.05) is 48.9 Å². The molecule has 0 bridgehead atoms. The second-order valence-corrected chi connectivity index (χ2v) is 7.12. The van der Waals surface area contributed by atoms with Crippen LogP contribution in [0.5, 0.6) is 5.75 Å². The number of rotatable bonds is 5. The molecule has 1 amide bonds. The van der Waals surface area contributed by atoms with E-state index in [1.807, 2.05) is 48.5 Å². The van der Waals surface area contributed by atoms with Crippen LogP contribution in [-0.2, 0) is 4.79 Å². The number of carbonyl (C=O) groups excluding carboxylic acids is 1. The summed E-state index contributed by atoms with van der Waals surface area (Å²) < 4.78 is 5.77. The van der Waals surface area contributed by atoms with E-state index in [0.717, 1.165) is 17.7 Å². The Morgan fingerprint density at radius 3 is 2.69 bits per heavy atom. The number of aliphatic imine (C=N–C) groups is 1. The van der Waals surface area contributed by atoms with Crippen LogP contribution in [0.2, 0.25) is 5.02 Å². The monoisotopic (exact) mass is 386 g/mol. The molecule has 1 aliphatic rings. The summed E-state index contributed by atoms with van der Waals surface area (Å²) in [6.45, 7) is 2.70. The summed E-state index contributed by atoms with van der Waals surface area (Å²) in [5.41, 5.74) is 1.52. The molecule has 1 saturated heterocycles. The van der Waals surface area contributed by atoms with Crippen molar-refractivity contribution in [2.75, 3.05) is 13.7 Å². The minimum absolute atomic E-state index is 0.0916. The van der Waals surface area contributed by atoms with Crippen molar-refractivity contribution in [1.82, 2.24) is 4.90 Å². The normalized spacial score (nSPS) is 17.3. The number of amidine groups is 1. The van der Waals surface area contributed by atoms with Crippen molar-refractivity contribution in [2.24, 2.45) is 4.99 Å². The largest absolute Gasteiger partial charge is 0.493 e. The molecule has 6 heteroatoms. The number of halogens is 1. The van der Waals surface area contributed by atoms with Gasteiger partial charge in [-0.2, -0.15) is 0 Å². The average Bonchev–Trinajstić information content (AvgIpc) is 2.91. The molecule has 1 heterocycles. The van der Waals surface area contributed by atoms with E-state index in [1.165, 1.54) is 16.7 Å². The first-order valence-electron chi connectivity index (χ1n) is 8.32. The van der Waals surface area contributed by atoms with Gasteiger partial charge in [0.2, 0.25) is 0 Å². The molecule has 0 aromatic heterocycles. The zero-order chi connectivity index (χ0) is 18.5. The molecule has 2 aromatic carbocycles. The van der Waals surface area contributed by atoms with Crippen LogP contribution < -0.4 is 4.74 Å². The van der Waals surface area contributed by atoms with Gasteiger partial charge in [0, 0.05) is 12.6 Å². The van der Waals surface area contributed by atoms with Crippen LogP contribution in [0.3, 0.4) is 0 Å². The van der Waals surface area contributed by atoms with Crippen molar-refractivity contribution in [3.63, 3.8) is 0 Å². The smallest absolute Gasteiger partial charge is 0.266 e. The summed E-state index contributed by atoms with van der Waals surface area (Å²) in [4.78, 5) is 19.3. The second-order valence-electron chi connectivity index (χ2n) is 5.71. The van der Waals surface area contributed by atoms with Crippen molar-refractivity contribution >= 4 is 46.2 Å². The van der Waals surface area contributed by atoms with Gasteiger partial charge in [-0.25, -0.2) is 4.99 Å². The third-order valence-electron chi connectivity index (χ3n) is 3.74. The lowest BCUT2D eigenvalue weighted by Crippen LogP contribution is -2.23. The lowest BCUT2D eigenvalue weighted by Gasteiger charge is -2.08. The molecule has 3 rings (SSSR count). The first-order valence-corrected chi connectivity index (χ1v) is 9.52.